The molecule has 0 saturated heterocycles. The molecule has 0 aliphatic rings. The minimum atomic E-state index is -3.89. The number of amides is 1. The SMILES string of the molecule is Cc1cc(S(=O)(=O)Nc2ccc(C(=O)N(C)Cc3nc(C)c4ccccc4n3)cc2)ccc1F. The molecule has 1 aromatic heterocycles. The van der Waals surface area contributed by atoms with Crippen LogP contribution in [0.1, 0.15) is 27.4 Å². The van der Waals surface area contributed by atoms with E-state index in [0.717, 1.165) is 22.7 Å². The number of anilines is 1. The Morgan fingerprint density at radius 1 is 1.00 bits per heavy atom. The van der Waals surface area contributed by atoms with Crippen LogP contribution in [0.5, 0.6) is 0 Å². The summed E-state index contributed by atoms with van der Waals surface area (Å²) in [6.07, 6.45) is 0. The first-order valence-corrected chi connectivity index (χ1v) is 12.0. The lowest BCUT2D eigenvalue weighted by Crippen LogP contribution is -2.27. The van der Waals surface area contributed by atoms with Gasteiger partial charge in [-0.1, -0.05) is 18.2 Å². The largest absolute Gasteiger partial charge is 0.334 e. The van der Waals surface area contributed by atoms with E-state index in [9.17, 15) is 17.6 Å². The lowest BCUT2D eigenvalue weighted by atomic mass is 10.2. The van der Waals surface area contributed by atoms with E-state index in [2.05, 4.69) is 14.7 Å². The van der Waals surface area contributed by atoms with Crippen molar-refractivity contribution < 1.29 is 17.6 Å². The molecule has 1 heterocycles. The third-order valence-corrected chi connectivity index (χ3v) is 6.77. The number of para-hydroxylation sites is 1. The minimum absolute atomic E-state index is 0.0445. The zero-order chi connectivity index (χ0) is 24.5. The number of aromatic nitrogens is 2. The molecular weight excluding hydrogens is 455 g/mol. The van der Waals surface area contributed by atoms with Gasteiger partial charge in [-0.05, 0) is 67.9 Å². The van der Waals surface area contributed by atoms with Gasteiger partial charge >= 0.3 is 0 Å². The van der Waals surface area contributed by atoms with E-state index < -0.39 is 15.8 Å². The summed E-state index contributed by atoms with van der Waals surface area (Å²) in [6.45, 7) is 3.63. The highest BCUT2D eigenvalue weighted by molar-refractivity contribution is 7.92. The van der Waals surface area contributed by atoms with E-state index in [4.69, 9.17) is 0 Å². The predicted octanol–water partition coefficient (Wildman–Crippen LogP) is 4.46. The fourth-order valence-electron chi connectivity index (χ4n) is 3.55. The molecule has 1 amide bonds. The number of hydrogen-bond donors (Lipinski definition) is 1. The van der Waals surface area contributed by atoms with Crippen molar-refractivity contribution in [1.29, 1.82) is 0 Å². The summed E-state index contributed by atoms with van der Waals surface area (Å²) in [6, 6.07) is 17.4. The predicted molar refractivity (Wildman–Crippen MR) is 128 cm³/mol. The summed E-state index contributed by atoms with van der Waals surface area (Å²) in [5.74, 6) is -0.195. The average molecular weight is 479 g/mol. The highest BCUT2D eigenvalue weighted by Gasteiger charge is 2.17. The molecule has 3 aromatic carbocycles. The normalized spacial score (nSPS) is 11.4. The summed E-state index contributed by atoms with van der Waals surface area (Å²) in [4.78, 5) is 23.4. The van der Waals surface area contributed by atoms with Crippen molar-refractivity contribution in [3.8, 4) is 0 Å². The maximum Gasteiger partial charge on any atom is 0.261 e. The Morgan fingerprint density at radius 2 is 1.71 bits per heavy atom. The number of halogens is 1. The van der Waals surface area contributed by atoms with Crippen LogP contribution >= 0.6 is 0 Å². The summed E-state index contributed by atoms with van der Waals surface area (Å²) in [5, 5.41) is 0.967. The molecule has 7 nitrogen and oxygen atoms in total. The van der Waals surface area contributed by atoms with Gasteiger partial charge in [0.05, 0.1) is 17.0 Å². The monoisotopic (exact) mass is 478 g/mol. The third-order valence-electron chi connectivity index (χ3n) is 5.39. The van der Waals surface area contributed by atoms with Crippen molar-refractivity contribution in [3.05, 3.63) is 95.2 Å². The van der Waals surface area contributed by atoms with E-state index in [1.807, 2.05) is 31.2 Å². The van der Waals surface area contributed by atoms with Crippen LogP contribution in [0, 0.1) is 19.7 Å². The number of carbonyl (C=O) groups excluding carboxylic acids is 1. The van der Waals surface area contributed by atoms with Crippen molar-refractivity contribution in [2.24, 2.45) is 0 Å². The first kappa shape index (κ1) is 23.3. The molecule has 0 spiro atoms. The average Bonchev–Trinajstić information content (AvgIpc) is 2.80. The highest BCUT2D eigenvalue weighted by Crippen LogP contribution is 2.20. The molecular formula is C25H23FN4O3S. The number of nitrogens with zero attached hydrogens (tertiary/aromatic N) is 3. The fraction of sp³-hybridized carbons (Fsp3) is 0.160. The molecule has 4 aromatic rings. The van der Waals surface area contributed by atoms with Crippen LogP contribution < -0.4 is 4.72 Å². The van der Waals surface area contributed by atoms with Gasteiger partial charge in [0.1, 0.15) is 11.6 Å². The Kier molecular flexibility index (Phi) is 6.30. The Labute approximate surface area is 197 Å². The van der Waals surface area contributed by atoms with E-state index >= 15 is 0 Å². The molecule has 174 valence electrons. The van der Waals surface area contributed by atoms with Crippen LogP contribution in [0.25, 0.3) is 10.9 Å². The van der Waals surface area contributed by atoms with Crippen molar-refractivity contribution >= 4 is 32.5 Å². The van der Waals surface area contributed by atoms with Crippen molar-refractivity contribution in [1.82, 2.24) is 14.9 Å². The topological polar surface area (TPSA) is 92.3 Å². The van der Waals surface area contributed by atoms with E-state index in [1.165, 1.54) is 36.1 Å². The molecule has 0 aliphatic heterocycles. The van der Waals surface area contributed by atoms with Gasteiger partial charge in [0.2, 0.25) is 0 Å². The number of benzene rings is 3. The zero-order valence-electron chi connectivity index (χ0n) is 18.9. The molecule has 0 unspecified atom stereocenters. The molecule has 0 radical (unpaired) electrons. The van der Waals surface area contributed by atoms with Gasteiger partial charge in [0.15, 0.2) is 0 Å². The maximum atomic E-state index is 13.5. The van der Waals surface area contributed by atoms with Crippen LogP contribution in [-0.2, 0) is 16.6 Å². The van der Waals surface area contributed by atoms with Gasteiger partial charge in [-0.3, -0.25) is 9.52 Å². The van der Waals surface area contributed by atoms with Crippen LogP contribution in [0.15, 0.2) is 71.6 Å². The first-order chi connectivity index (χ1) is 16.1. The second-order valence-corrected chi connectivity index (χ2v) is 9.68. The number of nitrogens with one attached hydrogen (secondary N) is 1. The Bertz CT molecular complexity index is 1490. The number of aryl methyl sites for hydroxylation is 2. The molecule has 34 heavy (non-hydrogen) atoms. The number of carbonyl (C=O) groups is 1. The summed E-state index contributed by atoms with van der Waals surface area (Å²) >= 11 is 0. The zero-order valence-corrected chi connectivity index (χ0v) is 19.7. The first-order valence-electron chi connectivity index (χ1n) is 10.5. The molecule has 0 fully saturated rings. The second kappa shape index (κ2) is 9.18. The van der Waals surface area contributed by atoms with Gasteiger partial charge in [0.25, 0.3) is 15.9 Å². The standard InChI is InChI=1S/C25H23FN4O3S/c1-16-14-20(12-13-22(16)26)34(32,33)29-19-10-8-18(9-11-19)25(31)30(3)15-24-27-17(2)21-6-4-5-7-23(21)28-24/h4-14,29H,15H2,1-3H3. The summed E-state index contributed by atoms with van der Waals surface area (Å²) in [7, 11) is -2.24. The second-order valence-electron chi connectivity index (χ2n) is 8.00. The van der Waals surface area contributed by atoms with Gasteiger partial charge in [-0.2, -0.15) is 0 Å². The lowest BCUT2D eigenvalue weighted by molar-refractivity contribution is 0.0781. The fourth-order valence-corrected chi connectivity index (χ4v) is 4.69. The Morgan fingerprint density at radius 3 is 2.41 bits per heavy atom. The van der Waals surface area contributed by atoms with E-state index in [0.29, 0.717) is 11.4 Å². The van der Waals surface area contributed by atoms with Crippen LogP contribution in [-0.4, -0.2) is 36.2 Å². The van der Waals surface area contributed by atoms with Crippen LogP contribution in [0.4, 0.5) is 10.1 Å². The number of hydrogen-bond acceptors (Lipinski definition) is 5. The van der Waals surface area contributed by atoms with Crippen molar-refractivity contribution in [3.63, 3.8) is 0 Å². The third kappa shape index (κ3) is 4.89. The van der Waals surface area contributed by atoms with E-state index in [-0.39, 0.29) is 28.6 Å². The molecule has 0 atom stereocenters. The van der Waals surface area contributed by atoms with Gasteiger partial charge in [0, 0.05) is 29.4 Å². The summed E-state index contributed by atoms with van der Waals surface area (Å²) in [5.41, 5.74) is 2.57. The van der Waals surface area contributed by atoms with Crippen LogP contribution in [0.3, 0.4) is 0 Å². The van der Waals surface area contributed by atoms with Crippen molar-refractivity contribution in [2.45, 2.75) is 25.3 Å². The Hall–Kier alpha value is -3.85. The Balaban J connectivity index is 1.47. The molecule has 0 aliphatic carbocycles. The number of fused-ring (bicyclic) bond motifs is 1. The van der Waals surface area contributed by atoms with E-state index in [1.54, 1.807) is 19.2 Å². The van der Waals surface area contributed by atoms with Gasteiger partial charge in [-0.25, -0.2) is 22.8 Å². The number of rotatable bonds is 6. The molecule has 0 saturated carbocycles. The smallest absolute Gasteiger partial charge is 0.261 e. The quantitative estimate of drug-likeness (QED) is 0.442. The van der Waals surface area contributed by atoms with Gasteiger partial charge in [-0.15, -0.1) is 0 Å². The molecule has 1 N–H and O–H groups in total. The summed E-state index contributed by atoms with van der Waals surface area (Å²) < 4.78 is 41.1. The lowest BCUT2D eigenvalue weighted by Gasteiger charge is -2.17. The highest BCUT2D eigenvalue weighted by atomic mass is 32.2. The molecule has 9 heteroatoms. The molecule has 4 rings (SSSR count). The minimum Gasteiger partial charge on any atom is -0.334 e. The maximum absolute atomic E-state index is 13.5. The molecule has 0 bridgehead atoms. The number of sulfonamides is 1. The van der Waals surface area contributed by atoms with Gasteiger partial charge < -0.3 is 4.90 Å². The van der Waals surface area contributed by atoms with Crippen molar-refractivity contribution in [2.75, 3.05) is 11.8 Å². The van der Waals surface area contributed by atoms with Crippen LogP contribution in [0.2, 0.25) is 0 Å².